The van der Waals surface area contributed by atoms with Crippen LogP contribution in [0, 0.1) is 13.8 Å². The molecule has 0 saturated heterocycles. The van der Waals surface area contributed by atoms with E-state index < -0.39 is 0 Å². The molecule has 1 aromatic heterocycles. The Morgan fingerprint density at radius 1 is 1.17 bits per heavy atom. The molecule has 0 saturated carbocycles. The highest BCUT2D eigenvalue weighted by Gasteiger charge is 2.14. The van der Waals surface area contributed by atoms with Crippen molar-refractivity contribution in [3.05, 3.63) is 52.0 Å². The van der Waals surface area contributed by atoms with Crippen LogP contribution in [0.4, 0.5) is 5.13 Å². The highest BCUT2D eigenvalue weighted by Crippen LogP contribution is 2.28. The SMILES string of the molecule is Cc1cc(OCC(=O)Nc2nc3ccc(C(=O)OC(C)C)cc3s2)cc(C)c1Cl. The number of fused-ring (bicyclic) bond motifs is 1. The number of rotatable bonds is 6. The van der Waals surface area contributed by atoms with Gasteiger partial charge in [-0.05, 0) is 69.2 Å². The van der Waals surface area contributed by atoms with Crippen LogP contribution in [0.1, 0.15) is 35.3 Å². The number of nitrogens with zero attached hydrogens (tertiary/aromatic N) is 1. The summed E-state index contributed by atoms with van der Waals surface area (Å²) < 4.78 is 11.5. The molecule has 2 aromatic carbocycles. The van der Waals surface area contributed by atoms with Crippen molar-refractivity contribution in [1.82, 2.24) is 4.98 Å². The summed E-state index contributed by atoms with van der Waals surface area (Å²) >= 11 is 7.42. The fourth-order valence-electron chi connectivity index (χ4n) is 2.68. The van der Waals surface area contributed by atoms with E-state index in [1.54, 1.807) is 44.2 Å². The van der Waals surface area contributed by atoms with Crippen LogP contribution in [-0.2, 0) is 9.53 Å². The Morgan fingerprint density at radius 2 is 1.86 bits per heavy atom. The zero-order valence-corrected chi connectivity index (χ0v) is 18.1. The fraction of sp³-hybridized carbons (Fsp3) is 0.286. The van der Waals surface area contributed by atoms with Gasteiger partial charge in [0, 0.05) is 5.02 Å². The second-order valence-electron chi connectivity index (χ2n) is 6.86. The summed E-state index contributed by atoms with van der Waals surface area (Å²) in [7, 11) is 0. The zero-order valence-electron chi connectivity index (χ0n) is 16.5. The predicted molar refractivity (Wildman–Crippen MR) is 115 cm³/mol. The van der Waals surface area contributed by atoms with E-state index in [4.69, 9.17) is 21.1 Å². The lowest BCUT2D eigenvalue weighted by Gasteiger charge is -2.09. The average molecular weight is 433 g/mol. The molecule has 1 amide bonds. The largest absolute Gasteiger partial charge is 0.484 e. The van der Waals surface area contributed by atoms with E-state index in [9.17, 15) is 9.59 Å². The molecule has 0 atom stereocenters. The van der Waals surface area contributed by atoms with Gasteiger partial charge in [-0.2, -0.15) is 0 Å². The minimum absolute atomic E-state index is 0.150. The Kier molecular flexibility index (Phi) is 6.39. The van der Waals surface area contributed by atoms with Crippen molar-refractivity contribution < 1.29 is 19.1 Å². The first-order valence-corrected chi connectivity index (χ1v) is 10.2. The van der Waals surface area contributed by atoms with Crippen molar-refractivity contribution in [3.8, 4) is 5.75 Å². The molecule has 8 heteroatoms. The molecule has 6 nitrogen and oxygen atoms in total. The molecule has 0 aliphatic carbocycles. The van der Waals surface area contributed by atoms with Gasteiger partial charge < -0.3 is 9.47 Å². The molecule has 0 unspecified atom stereocenters. The standard InChI is InChI=1S/C21H21ClN2O4S/c1-11(2)28-20(26)14-5-6-16-17(9-14)29-21(23-16)24-18(25)10-27-15-7-12(3)19(22)13(4)8-15/h5-9,11H,10H2,1-4H3,(H,23,24,25). The minimum atomic E-state index is -0.386. The summed E-state index contributed by atoms with van der Waals surface area (Å²) in [5, 5.41) is 3.85. The molecule has 0 aliphatic rings. The first kappa shape index (κ1) is 21.1. The van der Waals surface area contributed by atoms with Crippen LogP contribution in [-0.4, -0.2) is 29.6 Å². The number of hydrogen-bond acceptors (Lipinski definition) is 6. The third-order valence-electron chi connectivity index (χ3n) is 3.99. The van der Waals surface area contributed by atoms with E-state index in [-0.39, 0.29) is 24.6 Å². The number of carbonyl (C=O) groups is 2. The van der Waals surface area contributed by atoms with Gasteiger partial charge in [-0.15, -0.1) is 0 Å². The topological polar surface area (TPSA) is 77.5 Å². The molecule has 3 rings (SSSR count). The van der Waals surface area contributed by atoms with Gasteiger partial charge in [0.1, 0.15) is 5.75 Å². The Bertz CT molecular complexity index is 1050. The molecule has 0 bridgehead atoms. The molecule has 0 spiro atoms. The van der Waals surface area contributed by atoms with Gasteiger partial charge in [0.2, 0.25) is 0 Å². The van der Waals surface area contributed by atoms with E-state index in [1.165, 1.54) is 11.3 Å². The number of esters is 1. The summed E-state index contributed by atoms with van der Waals surface area (Å²) in [6.07, 6.45) is -0.192. The summed E-state index contributed by atoms with van der Waals surface area (Å²) in [4.78, 5) is 28.6. The van der Waals surface area contributed by atoms with Crippen molar-refractivity contribution in [2.24, 2.45) is 0 Å². The Balaban J connectivity index is 1.65. The van der Waals surface area contributed by atoms with Crippen molar-refractivity contribution in [1.29, 1.82) is 0 Å². The van der Waals surface area contributed by atoms with Gasteiger partial charge in [-0.3, -0.25) is 10.1 Å². The van der Waals surface area contributed by atoms with Gasteiger partial charge in [-0.25, -0.2) is 9.78 Å². The predicted octanol–water partition coefficient (Wildman–Crippen LogP) is 5.15. The molecular formula is C21H21ClN2O4S. The number of hydrogen-bond donors (Lipinski definition) is 1. The van der Waals surface area contributed by atoms with Crippen molar-refractivity contribution in [2.75, 3.05) is 11.9 Å². The Labute approximate surface area is 177 Å². The van der Waals surface area contributed by atoms with E-state index in [2.05, 4.69) is 10.3 Å². The first-order valence-electron chi connectivity index (χ1n) is 9.04. The summed E-state index contributed by atoms with van der Waals surface area (Å²) in [6, 6.07) is 8.68. The number of thiazole rings is 1. The van der Waals surface area contributed by atoms with Crippen LogP contribution >= 0.6 is 22.9 Å². The molecule has 1 N–H and O–H groups in total. The molecule has 152 valence electrons. The minimum Gasteiger partial charge on any atom is -0.484 e. The third-order valence-corrected chi connectivity index (χ3v) is 5.52. The van der Waals surface area contributed by atoms with Gasteiger partial charge in [0.25, 0.3) is 5.91 Å². The average Bonchev–Trinajstić information content (AvgIpc) is 3.05. The van der Waals surface area contributed by atoms with Crippen LogP contribution in [0.3, 0.4) is 0 Å². The summed E-state index contributed by atoms with van der Waals surface area (Å²) in [6.45, 7) is 7.21. The normalized spacial score (nSPS) is 11.0. The summed E-state index contributed by atoms with van der Waals surface area (Å²) in [5.74, 6) is -0.131. The maximum absolute atomic E-state index is 12.2. The lowest BCUT2D eigenvalue weighted by molar-refractivity contribution is -0.118. The number of halogens is 1. The Morgan fingerprint density at radius 3 is 2.52 bits per heavy atom. The number of amides is 1. The van der Waals surface area contributed by atoms with Crippen LogP contribution in [0.5, 0.6) is 5.75 Å². The number of benzene rings is 2. The van der Waals surface area contributed by atoms with Gasteiger partial charge in [0.15, 0.2) is 11.7 Å². The van der Waals surface area contributed by atoms with Gasteiger partial charge in [0.05, 0.1) is 21.9 Å². The third kappa shape index (κ3) is 5.25. The number of ether oxygens (including phenoxy) is 2. The molecule has 0 aliphatic heterocycles. The van der Waals surface area contributed by atoms with Gasteiger partial charge >= 0.3 is 5.97 Å². The smallest absolute Gasteiger partial charge is 0.338 e. The zero-order chi connectivity index (χ0) is 21.1. The molecular weight excluding hydrogens is 412 g/mol. The van der Waals surface area contributed by atoms with E-state index in [0.29, 0.717) is 27.0 Å². The molecule has 0 radical (unpaired) electrons. The molecule has 3 aromatic rings. The van der Waals surface area contributed by atoms with Crippen LogP contribution in [0.2, 0.25) is 5.02 Å². The summed E-state index contributed by atoms with van der Waals surface area (Å²) in [5.41, 5.74) is 2.92. The number of aromatic nitrogens is 1. The van der Waals surface area contributed by atoms with Crippen molar-refractivity contribution in [3.63, 3.8) is 0 Å². The van der Waals surface area contributed by atoms with Crippen LogP contribution < -0.4 is 10.1 Å². The number of carbonyl (C=O) groups excluding carboxylic acids is 2. The molecule has 1 heterocycles. The highest BCUT2D eigenvalue weighted by molar-refractivity contribution is 7.22. The van der Waals surface area contributed by atoms with E-state index in [0.717, 1.165) is 15.8 Å². The number of anilines is 1. The van der Waals surface area contributed by atoms with E-state index in [1.807, 2.05) is 13.8 Å². The molecule has 0 fully saturated rings. The lowest BCUT2D eigenvalue weighted by atomic mass is 10.1. The van der Waals surface area contributed by atoms with E-state index >= 15 is 0 Å². The quantitative estimate of drug-likeness (QED) is 0.545. The van der Waals surface area contributed by atoms with Crippen molar-refractivity contribution >= 4 is 50.2 Å². The number of nitrogens with one attached hydrogen (secondary N) is 1. The van der Waals surface area contributed by atoms with Crippen LogP contribution in [0.25, 0.3) is 10.2 Å². The second kappa shape index (κ2) is 8.80. The van der Waals surface area contributed by atoms with Crippen molar-refractivity contribution in [2.45, 2.75) is 33.8 Å². The maximum atomic E-state index is 12.2. The fourth-order valence-corrected chi connectivity index (χ4v) is 3.71. The first-order chi connectivity index (χ1) is 13.7. The van der Waals surface area contributed by atoms with Crippen LogP contribution in [0.15, 0.2) is 30.3 Å². The maximum Gasteiger partial charge on any atom is 0.338 e. The Hall–Kier alpha value is -2.64. The molecule has 29 heavy (non-hydrogen) atoms. The van der Waals surface area contributed by atoms with Gasteiger partial charge in [-0.1, -0.05) is 22.9 Å². The number of aryl methyl sites for hydroxylation is 2. The monoisotopic (exact) mass is 432 g/mol. The second-order valence-corrected chi connectivity index (χ2v) is 8.27. The highest BCUT2D eigenvalue weighted by atomic mass is 35.5. The lowest BCUT2D eigenvalue weighted by Crippen LogP contribution is -2.20.